The third-order valence-corrected chi connectivity index (χ3v) is 4.77. The number of methoxy groups -OCH3 is 1. The predicted octanol–water partition coefficient (Wildman–Crippen LogP) is 3.26. The second kappa shape index (κ2) is 5.99. The Morgan fingerprint density at radius 3 is 2.92 bits per heavy atom. The van der Waals surface area contributed by atoms with Crippen LogP contribution in [-0.4, -0.2) is 12.1 Å². The fourth-order valence-electron chi connectivity index (χ4n) is 3.58. The highest BCUT2D eigenvalue weighted by molar-refractivity contribution is 5.74. The minimum atomic E-state index is -0.221. The van der Waals surface area contributed by atoms with Crippen LogP contribution in [0.15, 0.2) is 59.8 Å². The Bertz CT molecular complexity index is 939. The number of aryl methyl sites for hydroxylation is 1. The van der Waals surface area contributed by atoms with E-state index in [1.807, 2.05) is 24.3 Å². The number of aromatic nitrogens is 1. The van der Waals surface area contributed by atoms with Gasteiger partial charge in [-0.1, -0.05) is 12.1 Å². The summed E-state index contributed by atoms with van der Waals surface area (Å²) in [6.45, 7) is 0. The molecule has 0 fully saturated rings. The van der Waals surface area contributed by atoms with Crippen LogP contribution in [0.2, 0.25) is 0 Å². The zero-order valence-corrected chi connectivity index (χ0v) is 13.8. The topological polar surface area (TPSA) is 81.2 Å². The fourth-order valence-corrected chi connectivity index (χ4v) is 3.58. The Morgan fingerprint density at radius 1 is 1.32 bits per heavy atom. The SMILES string of the molecule is COc1ccc2c(c1)C1=C(CC2)C(c2cccnc2)C(C#N)=C(N)O1. The van der Waals surface area contributed by atoms with Crippen molar-refractivity contribution in [3.8, 4) is 11.8 Å². The van der Waals surface area contributed by atoms with E-state index in [-0.39, 0.29) is 11.8 Å². The number of allylic oxidation sites excluding steroid dienone is 2. The molecule has 2 aromatic rings. The van der Waals surface area contributed by atoms with Crippen LogP contribution < -0.4 is 10.5 Å². The Morgan fingerprint density at radius 2 is 2.20 bits per heavy atom. The van der Waals surface area contributed by atoms with Gasteiger partial charge in [-0.25, -0.2) is 0 Å². The van der Waals surface area contributed by atoms with Crippen molar-refractivity contribution in [1.29, 1.82) is 5.26 Å². The van der Waals surface area contributed by atoms with E-state index >= 15 is 0 Å². The minimum absolute atomic E-state index is 0.158. The molecule has 124 valence electrons. The Labute approximate surface area is 146 Å². The van der Waals surface area contributed by atoms with Crippen molar-refractivity contribution in [3.63, 3.8) is 0 Å². The number of nitriles is 1. The lowest BCUT2D eigenvalue weighted by atomic mass is 9.77. The van der Waals surface area contributed by atoms with Gasteiger partial charge in [0.25, 0.3) is 0 Å². The van der Waals surface area contributed by atoms with Gasteiger partial charge in [-0.15, -0.1) is 0 Å². The van der Waals surface area contributed by atoms with Crippen molar-refractivity contribution >= 4 is 5.76 Å². The molecule has 0 spiro atoms. The fraction of sp³-hybridized carbons (Fsp3) is 0.200. The van der Waals surface area contributed by atoms with Gasteiger partial charge in [0, 0.05) is 18.0 Å². The molecule has 1 aromatic heterocycles. The van der Waals surface area contributed by atoms with Gasteiger partial charge < -0.3 is 15.2 Å². The molecular formula is C20H17N3O2. The maximum absolute atomic E-state index is 9.63. The number of fused-ring (bicyclic) bond motifs is 2. The standard InChI is InChI=1S/C20H17N3O2/c1-24-14-6-4-12-5-7-15-18(13-3-2-8-23-11-13)17(10-21)20(22)25-19(15)16(12)9-14/h2-4,6,8-9,11,18H,5,7,22H2,1H3. The molecule has 0 radical (unpaired) electrons. The van der Waals surface area contributed by atoms with Gasteiger partial charge in [-0.3, -0.25) is 4.98 Å². The van der Waals surface area contributed by atoms with Crippen LogP contribution >= 0.6 is 0 Å². The minimum Gasteiger partial charge on any atom is -0.497 e. The maximum Gasteiger partial charge on any atom is 0.205 e. The highest BCUT2D eigenvalue weighted by atomic mass is 16.5. The number of nitrogens with zero attached hydrogens (tertiary/aromatic N) is 2. The molecule has 1 aliphatic carbocycles. The molecule has 2 heterocycles. The number of nitrogens with two attached hydrogens (primary N) is 1. The maximum atomic E-state index is 9.63. The highest BCUT2D eigenvalue weighted by Crippen LogP contribution is 2.47. The Balaban J connectivity index is 1.92. The molecule has 0 saturated carbocycles. The lowest BCUT2D eigenvalue weighted by Gasteiger charge is -2.33. The van der Waals surface area contributed by atoms with Gasteiger partial charge in [0.2, 0.25) is 5.88 Å². The molecule has 1 aliphatic heterocycles. The van der Waals surface area contributed by atoms with Gasteiger partial charge in [0.15, 0.2) is 0 Å². The van der Waals surface area contributed by atoms with Gasteiger partial charge in [-0.05, 0) is 47.7 Å². The first-order valence-electron chi connectivity index (χ1n) is 8.10. The number of rotatable bonds is 2. The number of pyridine rings is 1. The van der Waals surface area contributed by atoms with Crippen LogP contribution in [0.3, 0.4) is 0 Å². The van der Waals surface area contributed by atoms with Gasteiger partial charge in [0.1, 0.15) is 23.2 Å². The molecule has 1 aromatic carbocycles. The Hall–Kier alpha value is -3.26. The molecule has 5 nitrogen and oxygen atoms in total. The number of benzene rings is 1. The third kappa shape index (κ3) is 2.43. The normalized spacial score (nSPS) is 18.8. The van der Waals surface area contributed by atoms with E-state index < -0.39 is 0 Å². The first-order valence-corrected chi connectivity index (χ1v) is 8.10. The largest absolute Gasteiger partial charge is 0.497 e. The molecular weight excluding hydrogens is 314 g/mol. The van der Waals surface area contributed by atoms with Gasteiger partial charge in [-0.2, -0.15) is 5.26 Å². The summed E-state index contributed by atoms with van der Waals surface area (Å²) in [7, 11) is 1.64. The molecule has 25 heavy (non-hydrogen) atoms. The van der Waals surface area contributed by atoms with E-state index in [4.69, 9.17) is 15.2 Å². The van der Waals surface area contributed by atoms with Crippen molar-refractivity contribution in [1.82, 2.24) is 4.98 Å². The summed E-state index contributed by atoms with van der Waals surface area (Å²) in [5.74, 6) is 1.45. The molecule has 1 unspecified atom stereocenters. The van der Waals surface area contributed by atoms with Crippen molar-refractivity contribution in [2.75, 3.05) is 7.11 Å². The zero-order chi connectivity index (χ0) is 17.4. The van der Waals surface area contributed by atoms with E-state index in [0.29, 0.717) is 5.57 Å². The Kier molecular flexibility index (Phi) is 3.66. The number of hydrogen-bond acceptors (Lipinski definition) is 5. The molecule has 4 rings (SSSR count). The van der Waals surface area contributed by atoms with Crippen LogP contribution in [0.25, 0.3) is 5.76 Å². The van der Waals surface area contributed by atoms with E-state index in [9.17, 15) is 5.26 Å². The summed E-state index contributed by atoms with van der Waals surface area (Å²) < 4.78 is 11.3. The van der Waals surface area contributed by atoms with Crippen LogP contribution in [0.1, 0.15) is 29.0 Å². The smallest absolute Gasteiger partial charge is 0.205 e. The molecule has 1 atom stereocenters. The number of hydrogen-bond donors (Lipinski definition) is 1. The quantitative estimate of drug-likeness (QED) is 0.913. The van der Waals surface area contributed by atoms with Crippen molar-refractivity contribution in [3.05, 3.63) is 76.4 Å². The molecule has 0 amide bonds. The van der Waals surface area contributed by atoms with Crippen LogP contribution in [-0.2, 0) is 11.2 Å². The summed E-state index contributed by atoms with van der Waals surface area (Å²) in [5, 5.41) is 9.63. The molecule has 2 N–H and O–H groups in total. The van der Waals surface area contributed by atoms with E-state index in [0.717, 1.165) is 41.1 Å². The van der Waals surface area contributed by atoms with Crippen molar-refractivity contribution in [2.24, 2.45) is 5.73 Å². The average Bonchev–Trinajstić information content (AvgIpc) is 2.67. The monoisotopic (exact) mass is 331 g/mol. The molecule has 5 heteroatoms. The first-order chi connectivity index (χ1) is 12.2. The van der Waals surface area contributed by atoms with E-state index in [2.05, 4.69) is 17.1 Å². The first kappa shape index (κ1) is 15.3. The summed E-state index contributed by atoms with van der Waals surface area (Å²) in [6.07, 6.45) is 5.20. The lowest BCUT2D eigenvalue weighted by Crippen LogP contribution is -2.23. The predicted molar refractivity (Wildman–Crippen MR) is 93.1 cm³/mol. The average molecular weight is 331 g/mol. The van der Waals surface area contributed by atoms with Crippen molar-refractivity contribution in [2.45, 2.75) is 18.8 Å². The molecule has 0 bridgehead atoms. The van der Waals surface area contributed by atoms with E-state index in [1.54, 1.807) is 19.5 Å². The summed E-state index contributed by atoms with van der Waals surface area (Å²) >= 11 is 0. The third-order valence-electron chi connectivity index (χ3n) is 4.77. The molecule has 0 saturated heterocycles. The van der Waals surface area contributed by atoms with Gasteiger partial charge in [0.05, 0.1) is 13.0 Å². The highest BCUT2D eigenvalue weighted by Gasteiger charge is 2.36. The van der Waals surface area contributed by atoms with E-state index in [1.165, 1.54) is 5.56 Å². The number of ether oxygens (including phenoxy) is 2. The second-order valence-corrected chi connectivity index (χ2v) is 6.09. The summed E-state index contributed by atoms with van der Waals surface area (Å²) in [6, 6.07) is 12.0. The molecule has 2 aliphatic rings. The van der Waals surface area contributed by atoms with Crippen LogP contribution in [0, 0.1) is 11.3 Å². The zero-order valence-electron chi connectivity index (χ0n) is 13.8. The van der Waals surface area contributed by atoms with Crippen molar-refractivity contribution < 1.29 is 9.47 Å². The van der Waals surface area contributed by atoms with Crippen LogP contribution in [0.5, 0.6) is 5.75 Å². The summed E-state index contributed by atoms with van der Waals surface area (Å²) in [4.78, 5) is 4.21. The van der Waals surface area contributed by atoms with Crippen LogP contribution in [0.4, 0.5) is 0 Å². The summed E-state index contributed by atoms with van der Waals surface area (Å²) in [5.41, 5.74) is 10.7. The lowest BCUT2D eigenvalue weighted by molar-refractivity contribution is 0.349. The second-order valence-electron chi connectivity index (χ2n) is 6.09. The van der Waals surface area contributed by atoms with Gasteiger partial charge >= 0.3 is 0 Å².